The molecule has 0 atom stereocenters. The fourth-order valence-corrected chi connectivity index (χ4v) is 2.72. The summed E-state index contributed by atoms with van der Waals surface area (Å²) < 4.78 is 5.21. The lowest BCUT2D eigenvalue weighted by molar-refractivity contribution is -0.117. The monoisotopic (exact) mass is 272 g/mol. The average Bonchev–Trinajstić information content (AvgIpc) is 2.48. The van der Waals surface area contributed by atoms with Crippen LogP contribution in [0.2, 0.25) is 0 Å². The molecule has 0 saturated heterocycles. The first-order valence-electron chi connectivity index (χ1n) is 7.11. The molecule has 0 aromatic heterocycles. The fourth-order valence-electron chi connectivity index (χ4n) is 2.72. The molecule has 20 heavy (non-hydrogen) atoms. The lowest BCUT2D eigenvalue weighted by Crippen LogP contribution is -2.18. The minimum absolute atomic E-state index is 0.0277. The van der Waals surface area contributed by atoms with Gasteiger partial charge in [0.15, 0.2) is 0 Å². The highest BCUT2D eigenvalue weighted by Crippen LogP contribution is 2.28. The molecule has 106 valence electrons. The third-order valence-electron chi connectivity index (χ3n) is 3.80. The maximum Gasteiger partial charge on any atom is 0.224 e. The SMILES string of the molecule is COc1cc(C#N)ccc1NC(=O)CC1CCCCC1. The summed E-state index contributed by atoms with van der Waals surface area (Å²) in [6, 6.07) is 7.09. The van der Waals surface area contributed by atoms with Crippen LogP contribution >= 0.6 is 0 Å². The Hall–Kier alpha value is -2.02. The second-order valence-corrected chi connectivity index (χ2v) is 5.28. The maximum absolute atomic E-state index is 12.1. The van der Waals surface area contributed by atoms with Gasteiger partial charge in [0.1, 0.15) is 5.75 Å². The number of ether oxygens (including phenoxy) is 1. The van der Waals surface area contributed by atoms with Crippen molar-refractivity contribution in [1.82, 2.24) is 0 Å². The Morgan fingerprint density at radius 1 is 1.40 bits per heavy atom. The summed E-state index contributed by atoms with van der Waals surface area (Å²) in [4.78, 5) is 12.1. The van der Waals surface area contributed by atoms with Crippen molar-refractivity contribution in [3.8, 4) is 11.8 Å². The molecule has 1 amide bonds. The summed E-state index contributed by atoms with van der Waals surface area (Å²) >= 11 is 0. The Morgan fingerprint density at radius 3 is 2.80 bits per heavy atom. The van der Waals surface area contributed by atoms with Gasteiger partial charge in [-0.25, -0.2) is 0 Å². The van der Waals surface area contributed by atoms with E-state index >= 15 is 0 Å². The van der Waals surface area contributed by atoms with Crippen molar-refractivity contribution in [3.63, 3.8) is 0 Å². The van der Waals surface area contributed by atoms with Crippen molar-refractivity contribution in [3.05, 3.63) is 23.8 Å². The highest BCUT2D eigenvalue weighted by atomic mass is 16.5. The molecule has 0 heterocycles. The van der Waals surface area contributed by atoms with Gasteiger partial charge in [-0.2, -0.15) is 5.26 Å². The summed E-state index contributed by atoms with van der Waals surface area (Å²) in [5, 5.41) is 11.7. The zero-order valence-electron chi connectivity index (χ0n) is 11.8. The van der Waals surface area contributed by atoms with Crippen molar-refractivity contribution in [2.45, 2.75) is 38.5 Å². The topological polar surface area (TPSA) is 62.1 Å². The van der Waals surface area contributed by atoms with Crippen LogP contribution in [0.3, 0.4) is 0 Å². The molecular formula is C16H20N2O2. The van der Waals surface area contributed by atoms with Crippen molar-refractivity contribution in [2.24, 2.45) is 5.92 Å². The van der Waals surface area contributed by atoms with Crippen molar-refractivity contribution >= 4 is 11.6 Å². The number of amides is 1. The highest BCUT2D eigenvalue weighted by Gasteiger charge is 2.17. The number of nitrogens with one attached hydrogen (secondary N) is 1. The lowest BCUT2D eigenvalue weighted by atomic mass is 9.87. The van der Waals surface area contributed by atoms with E-state index in [1.165, 1.54) is 26.4 Å². The fraction of sp³-hybridized carbons (Fsp3) is 0.500. The van der Waals surface area contributed by atoms with E-state index in [0.717, 1.165) is 12.8 Å². The van der Waals surface area contributed by atoms with E-state index in [2.05, 4.69) is 11.4 Å². The molecular weight excluding hydrogens is 252 g/mol. The Labute approximate surface area is 119 Å². The third kappa shape index (κ3) is 3.74. The number of benzene rings is 1. The standard InChI is InChI=1S/C16H20N2O2/c1-20-15-9-13(11-17)7-8-14(15)18-16(19)10-12-5-3-2-4-6-12/h7-9,12H,2-6,10H2,1H3,(H,18,19). The van der Waals surface area contributed by atoms with Gasteiger partial charge >= 0.3 is 0 Å². The van der Waals surface area contributed by atoms with Crippen LogP contribution in [0.4, 0.5) is 5.69 Å². The van der Waals surface area contributed by atoms with Gasteiger partial charge in [0.05, 0.1) is 24.4 Å². The van der Waals surface area contributed by atoms with Gasteiger partial charge in [0, 0.05) is 12.5 Å². The predicted octanol–water partition coefficient (Wildman–Crippen LogP) is 3.48. The van der Waals surface area contributed by atoms with E-state index in [4.69, 9.17) is 10.00 Å². The predicted molar refractivity (Wildman–Crippen MR) is 77.5 cm³/mol. The van der Waals surface area contributed by atoms with Gasteiger partial charge in [-0.05, 0) is 30.9 Å². The number of carbonyl (C=O) groups excluding carboxylic acids is 1. The third-order valence-corrected chi connectivity index (χ3v) is 3.80. The molecule has 1 aliphatic carbocycles. The molecule has 1 aromatic rings. The number of nitriles is 1. The van der Waals surface area contributed by atoms with Crippen LogP contribution in [0.5, 0.6) is 5.75 Å². The van der Waals surface area contributed by atoms with Gasteiger partial charge in [-0.15, -0.1) is 0 Å². The number of anilines is 1. The Bertz CT molecular complexity index is 514. The minimum atomic E-state index is 0.0277. The first-order valence-corrected chi connectivity index (χ1v) is 7.11. The van der Waals surface area contributed by atoms with Crippen LogP contribution in [-0.2, 0) is 4.79 Å². The van der Waals surface area contributed by atoms with Crippen LogP contribution in [-0.4, -0.2) is 13.0 Å². The van der Waals surface area contributed by atoms with E-state index in [0.29, 0.717) is 29.3 Å². The molecule has 1 N–H and O–H groups in total. The Kier molecular flexibility index (Phi) is 5.00. The average molecular weight is 272 g/mol. The minimum Gasteiger partial charge on any atom is -0.495 e. The smallest absolute Gasteiger partial charge is 0.224 e. The molecule has 0 aliphatic heterocycles. The summed E-state index contributed by atoms with van der Waals surface area (Å²) in [7, 11) is 1.53. The van der Waals surface area contributed by atoms with E-state index in [9.17, 15) is 4.79 Å². The lowest BCUT2D eigenvalue weighted by Gasteiger charge is -2.21. The van der Waals surface area contributed by atoms with E-state index < -0.39 is 0 Å². The number of hydrogen-bond acceptors (Lipinski definition) is 3. The van der Waals surface area contributed by atoms with Gasteiger partial charge < -0.3 is 10.1 Å². The first-order chi connectivity index (χ1) is 9.72. The van der Waals surface area contributed by atoms with Crippen molar-refractivity contribution < 1.29 is 9.53 Å². The van der Waals surface area contributed by atoms with Gasteiger partial charge in [0.2, 0.25) is 5.91 Å². The van der Waals surface area contributed by atoms with Crippen LogP contribution < -0.4 is 10.1 Å². The molecule has 1 saturated carbocycles. The molecule has 4 heteroatoms. The molecule has 4 nitrogen and oxygen atoms in total. The zero-order valence-corrected chi connectivity index (χ0v) is 11.8. The summed E-state index contributed by atoms with van der Waals surface area (Å²) in [5.41, 5.74) is 1.15. The molecule has 1 aliphatic rings. The van der Waals surface area contributed by atoms with E-state index in [-0.39, 0.29) is 5.91 Å². The summed E-state index contributed by atoms with van der Waals surface area (Å²) in [5.74, 6) is 1.06. The number of carbonyl (C=O) groups is 1. The van der Waals surface area contributed by atoms with Crippen LogP contribution in [0.15, 0.2) is 18.2 Å². The second kappa shape index (κ2) is 6.95. The largest absolute Gasteiger partial charge is 0.495 e. The molecule has 0 radical (unpaired) electrons. The maximum atomic E-state index is 12.1. The molecule has 0 unspecified atom stereocenters. The van der Waals surface area contributed by atoms with Crippen molar-refractivity contribution in [2.75, 3.05) is 12.4 Å². The molecule has 1 fully saturated rings. The van der Waals surface area contributed by atoms with Gasteiger partial charge in [0.25, 0.3) is 0 Å². The molecule has 0 spiro atoms. The van der Waals surface area contributed by atoms with Gasteiger partial charge in [-0.1, -0.05) is 19.3 Å². The first kappa shape index (κ1) is 14.4. The molecule has 1 aromatic carbocycles. The Balaban J connectivity index is 1.98. The van der Waals surface area contributed by atoms with E-state index in [1.54, 1.807) is 18.2 Å². The normalized spacial score (nSPS) is 15.4. The van der Waals surface area contributed by atoms with Gasteiger partial charge in [-0.3, -0.25) is 4.79 Å². The number of methoxy groups -OCH3 is 1. The Morgan fingerprint density at radius 2 is 2.15 bits per heavy atom. The highest BCUT2D eigenvalue weighted by molar-refractivity contribution is 5.92. The zero-order chi connectivity index (χ0) is 14.4. The quantitative estimate of drug-likeness (QED) is 0.912. The van der Waals surface area contributed by atoms with Crippen LogP contribution in [0, 0.1) is 17.2 Å². The van der Waals surface area contributed by atoms with Crippen LogP contribution in [0.25, 0.3) is 0 Å². The summed E-state index contributed by atoms with van der Waals surface area (Å²) in [6.45, 7) is 0. The summed E-state index contributed by atoms with van der Waals surface area (Å²) in [6.07, 6.45) is 6.64. The molecule has 2 rings (SSSR count). The van der Waals surface area contributed by atoms with E-state index in [1.807, 2.05) is 0 Å². The number of nitrogens with zero attached hydrogens (tertiary/aromatic N) is 1. The number of rotatable bonds is 4. The second-order valence-electron chi connectivity index (χ2n) is 5.28. The number of hydrogen-bond donors (Lipinski definition) is 1. The molecule has 0 bridgehead atoms. The van der Waals surface area contributed by atoms with Crippen LogP contribution in [0.1, 0.15) is 44.1 Å². The van der Waals surface area contributed by atoms with Crippen molar-refractivity contribution in [1.29, 1.82) is 5.26 Å².